The molecular weight excluding hydrogens is 396 g/mol. The molecule has 0 aliphatic rings. The van der Waals surface area contributed by atoms with Crippen LogP contribution in [0.3, 0.4) is 0 Å². The number of aromatic nitrogens is 1. The fourth-order valence-corrected chi connectivity index (χ4v) is 3.96. The van der Waals surface area contributed by atoms with Gasteiger partial charge in [0, 0.05) is 24.5 Å². The molecule has 1 N–H and O–H groups in total. The number of anilines is 3. The predicted molar refractivity (Wildman–Crippen MR) is 122 cm³/mol. The molecule has 3 rings (SSSR count). The molecule has 2 amide bonds. The number of thiazole rings is 1. The van der Waals surface area contributed by atoms with Crippen LogP contribution in [-0.4, -0.2) is 35.3 Å². The van der Waals surface area contributed by atoms with Gasteiger partial charge in [-0.25, -0.2) is 4.98 Å². The summed E-state index contributed by atoms with van der Waals surface area (Å²) in [4.78, 5) is 32.7. The van der Waals surface area contributed by atoms with Crippen LogP contribution in [0.2, 0.25) is 0 Å². The first kappa shape index (κ1) is 21.7. The zero-order valence-electron chi connectivity index (χ0n) is 17.7. The molecule has 30 heavy (non-hydrogen) atoms. The standard InChI is InChI=1S/C23H26N4O2S/c1-16-8-10-19(11-9-16)24-22(29)14-26(4)13-20-15-30-23(25-20)27(18(3)28)21-7-5-6-17(2)12-21/h5-12,15H,13-14H2,1-4H3,(H,24,29). The molecule has 0 fully saturated rings. The maximum absolute atomic E-state index is 12.3. The smallest absolute Gasteiger partial charge is 0.238 e. The Morgan fingerprint density at radius 2 is 1.80 bits per heavy atom. The average molecular weight is 423 g/mol. The van der Waals surface area contributed by atoms with Crippen molar-refractivity contribution in [2.75, 3.05) is 23.8 Å². The monoisotopic (exact) mass is 422 g/mol. The molecule has 0 unspecified atom stereocenters. The van der Waals surface area contributed by atoms with Gasteiger partial charge in [0.2, 0.25) is 11.8 Å². The molecular formula is C23H26N4O2S. The molecule has 6 nitrogen and oxygen atoms in total. The van der Waals surface area contributed by atoms with Gasteiger partial charge in [-0.05, 0) is 50.7 Å². The summed E-state index contributed by atoms with van der Waals surface area (Å²) in [7, 11) is 1.87. The first-order valence-corrected chi connectivity index (χ1v) is 10.6. The van der Waals surface area contributed by atoms with Crippen molar-refractivity contribution < 1.29 is 9.59 Å². The summed E-state index contributed by atoms with van der Waals surface area (Å²) in [5.41, 5.74) is 4.63. The Morgan fingerprint density at radius 3 is 2.47 bits per heavy atom. The summed E-state index contributed by atoms with van der Waals surface area (Å²) in [6.07, 6.45) is 0. The highest BCUT2D eigenvalue weighted by atomic mass is 32.1. The van der Waals surface area contributed by atoms with Crippen LogP contribution < -0.4 is 10.2 Å². The second kappa shape index (κ2) is 9.65. The van der Waals surface area contributed by atoms with Crippen LogP contribution in [-0.2, 0) is 16.1 Å². The van der Waals surface area contributed by atoms with Crippen molar-refractivity contribution in [3.05, 3.63) is 70.7 Å². The molecule has 0 saturated carbocycles. The number of aryl methyl sites for hydroxylation is 2. The van der Waals surface area contributed by atoms with Crippen LogP contribution in [0.25, 0.3) is 0 Å². The molecule has 156 valence electrons. The average Bonchev–Trinajstić information content (AvgIpc) is 3.11. The molecule has 0 atom stereocenters. The fourth-order valence-electron chi connectivity index (χ4n) is 3.08. The molecule has 3 aromatic rings. The lowest BCUT2D eigenvalue weighted by atomic mass is 10.2. The highest BCUT2D eigenvalue weighted by molar-refractivity contribution is 7.14. The van der Waals surface area contributed by atoms with Crippen LogP contribution in [0.4, 0.5) is 16.5 Å². The minimum absolute atomic E-state index is 0.0815. The van der Waals surface area contributed by atoms with E-state index < -0.39 is 0 Å². The largest absolute Gasteiger partial charge is 0.325 e. The van der Waals surface area contributed by atoms with Gasteiger partial charge in [0.1, 0.15) is 0 Å². The summed E-state index contributed by atoms with van der Waals surface area (Å²) in [5, 5.41) is 5.45. The van der Waals surface area contributed by atoms with Crippen LogP contribution in [0.5, 0.6) is 0 Å². The third kappa shape index (κ3) is 5.75. The van der Waals surface area contributed by atoms with Gasteiger partial charge < -0.3 is 5.32 Å². The van der Waals surface area contributed by atoms with E-state index in [1.165, 1.54) is 18.3 Å². The molecule has 0 bridgehead atoms. The summed E-state index contributed by atoms with van der Waals surface area (Å²) in [5.74, 6) is -0.172. The first-order chi connectivity index (χ1) is 14.3. The second-order valence-corrected chi connectivity index (χ2v) is 8.24. The molecule has 0 radical (unpaired) electrons. The number of hydrogen-bond donors (Lipinski definition) is 1. The zero-order chi connectivity index (χ0) is 21.7. The molecule has 0 spiro atoms. The molecule has 2 aromatic carbocycles. The summed E-state index contributed by atoms with van der Waals surface area (Å²) >= 11 is 1.42. The summed E-state index contributed by atoms with van der Waals surface area (Å²) in [6.45, 7) is 6.29. The number of benzene rings is 2. The molecule has 7 heteroatoms. The van der Waals surface area contributed by atoms with Gasteiger partial charge in [-0.3, -0.25) is 19.4 Å². The van der Waals surface area contributed by atoms with E-state index in [9.17, 15) is 9.59 Å². The lowest BCUT2D eigenvalue weighted by Crippen LogP contribution is -2.30. The predicted octanol–water partition coefficient (Wildman–Crippen LogP) is 4.52. The van der Waals surface area contributed by atoms with E-state index in [1.54, 1.807) is 4.90 Å². The fraction of sp³-hybridized carbons (Fsp3) is 0.261. The van der Waals surface area contributed by atoms with Crippen molar-refractivity contribution >= 4 is 39.7 Å². The number of carbonyl (C=O) groups is 2. The third-order valence-electron chi connectivity index (χ3n) is 4.49. The highest BCUT2D eigenvalue weighted by Gasteiger charge is 2.18. The second-order valence-electron chi connectivity index (χ2n) is 7.40. The van der Waals surface area contributed by atoms with Crippen molar-refractivity contribution in [3.8, 4) is 0 Å². The van der Waals surface area contributed by atoms with Gasteiger partial charge in [0.05, 0.1) is 17.9 Å². The number of nitrogens with zero attached hydrogens (tertiary/aromatic N) is 3. The van der Waals surface area contributed by atoms with E-state index in [1.807, 2.05) is 79.7 Å². The normalized spacial score (nSPS) is 10.8. The number of amides is 2. The van der Waals surface area contributed by atoms with Gasteiger partial charge in [-0.2, -0.15) is 0 Å². The van der Waals surface area contributed by atoms with Crippen molar-refractivity contribution in [2.24, 2.45) is 0 Å². The summed E-state index contributed by atoms with van der Waals surface area (Å²) in [6, 6.07) is 15.5. The Hall–Kier alpha value is -3.03. The van der Waals surface area contributed by atoms with E-state index in [2.05, 4.69) is 10.3 Å². The lowest BCUT2D eigenvalue weighted by molar-refractivity contribution is -0.117. The van der Waals surface area contributed by atoms with Crippen molar-refractivity contribution in [3.63, 3.8) is 0 Å². The Kier molecular flexibility index (Phi) is 6.97. The molecule has 1 aromatic heterocycles. The van der Waals surface area contributed by atoms with Crippen LogP contribution >= 0.6 is 11.3 Å². The van der Waals surface area contributed by atoms with Crippen LogP contribution in [0, 0.1) is 13.8 Å². The Balaban J connectivity index is 1.63. The molecule has 0 saturated heterocycles. The SMILES string of the molecule is CC(=O)N(c1cccc(C)c1)c1nc(CN(C)CC(=O)Nc2ccc(C)cc2)cs1. The first-order valence-electron chi connectivity index (χ1n) is 9.68. The Bertz CT molecular complexity index is 1030. The van der Waals surface area contributed by atoms with E-state index in [-0.39, 0.29) is 18.4 Å². The quantitative estimate of drug-likeness (QED) is 0.608. The number of nitrogens with one attached hydrogen (secondary N) is 1. The van der Waals surface area contributed by atoms with Gasteiger partial charge >= 0.3 is 0 Å². The van der Waals surface area contributed by atoms with Crippen molar-refractivity contribution in [1.82, 2.24) is 9.88 Å². The van der Waals surface area contributed by atoms with Crippen molar-refractivity contribution in [1.29, 1.82) is 0 Å². The van der Waals surface area contributed by atoms with Gasteiger partial charge in [0.15, 0.2) is 5.13 Å². The topological polar surface area (TPSA) is 65.5 Å². The number of likely N-dealkylation sites (N-methyl/N-ethyl adjacent to an activating group) is 1. The third-order valence-corrected chi connectivity index (χ3v) is 5.36. The highest BCUT2D eigenvalue weighted by Crippen LogP contribution is 2.29. The van der Waals surface area contributed by atoms with Gasteiger partial charge in [-0.1, -0.05) is 29.8 Å². The van der Waals surface area contributed by atoms with E-state index in [4.69, 9.17) is 0 Å². The maximum Gasteiger partial charge on any atom is 0.238 e. The zero-order valence-corrected chi connectivity index (χ0v) is 18.5. The minimum Gasteiger partial charge on any atom is -0.325 e. The van der Waals surface area contributed by atoms with Gasteiger partial charge in [-0.15, -0.1) is 11.3 Å². The Morgan fingerprint density at radius 1 is 1.07 bits per heavy atom. The van der Waals surface area contributed by atoms with E-state index in [0.717, 1.165) is 28.2 Å². The maximum atomic E-state index is 12.3. The van der Waals surface area contributed by atoms with Crippen molar-refractivity contribution in [2.45, 2.75) is 27.3 Å². The molecule has 0 aliphatic heterocycles. The number of carbonyl (C=O) groups excluding carboxylic acids is 2. The number of hydrogen-bond acceptors (Lipinski definition) is 5. The molecule has 0 aliphatic carbocycles. The van der Waals surface area contributed by atoms with Crippen LogP contribution in [0.15, 0.2) is 53.9 Å². The van der Waals surface area contributed by atoms with Crippen LogP contribution in [0.1, 0.15) is 23.7 Å². The Labute approximate surface area is 181 Å². The lowest BCUT2D eigenvalue weighted by Gasteiger charge is -2.18. The van der Waals surface area contributed by atoms with E-state index >= 15 is 0 Å². The number of rotatable bonds is 7. The van der Waals surface area contributed by atoms with Gasteiger partial charge in [0.25, 0.3) is 0 Å². The minimum atomic E-state index is -0.0904. The summed E-state index contributed by atoms with van der Waals surface area (Å²) < 4.78 is 0. The van der Waals surface area contributed by atoms with E-state index in [0.29, 0.717) is 11.7 Å². The molecule has 1 heterocycles.